The van der Waals surface area contributed by atoms with Crippen LogP contribution >= 0.6 is 22.6 Å². The number of carbonyl (C=O) groups is 1. The molecule has 0 aromatic heterocycles. The van der Waals surface area contributed by atoms with Gasteiger partial charge in [0.2, 0.25) is 5.91 Å². The SMILES string of the molecule is N#CCNC(=O)[C@@H]1CCCC[C@H]1CS(=O)(=O)c1ccc(I)cc1. The summed E-state index contributed by atoms with van der Waals surface area (Å²) < 4.78 is 26.2. The number of rotatable bonds is 5. The number of halogens is 1. The van der Waals surface area contributed by atoms with Crippen molar-refractivity contribution in [1.82, 2.24) is 5.32 Å². The van der Waals surface area contributed by atoms with Crippen LogP contribution in [0.2, 0.25) is 0 Å². The maximum absolute atomic E-state index is 12.6. The van der Waals surface area contributed by atoms with Gasteiger partial charge in [-0.25, -0.2) is 8.42 Å². The van der Waals surface area contributed by atoms with Crippen molar-refractivity contribution in [2.24, 2.45) is 11.8 Å². The van der Waals surface area contributed by atoms with Crippen LogP contribution in [0.1, 0.15) is 25.7 Å². The van der Waals surface area contributed by atoms with Gasteiger partial charge in [-0.2, -0.15) is 5.26 Å². The lowest BCUT2D eigenvalue weighted by molar-refractivity contribution is -0.127. The van der Waals surface area contributed by atoms with Crippen LogP contribution in [-0.4, -0.2) is 26.6 Å². The monoisotopic (exact) mass is 446 g/mol. The molecule has 124 valence electrons. The number of nitrogens with zero attached hydrogens (tertiary/aromatic N) is 1. The second kappa shape index (κ2) is 8.11. The molecule has 0 bridgehead atoms. The predicted octanol–water partition coefficient (Wildman–Crippen LogP) is 2.51. The third-order valence-corrected chi connectivity index (χ3v) is 6.77. The lowest BCUT2D eigenvalue weighted by Crippen LogP contribution is -2.39. The number of amides is 1. The summed E-state index contributed by atoms with van der Waals surface area (Å²) in [7, 11) is -3.41. The zero-order valence-corrected chi connectivity index (χ0v) is 15.6. The predicted molar refractivity (Wildman–Crippen MR) is 95.3 cm³/mol. The van der Waals surface area contributed by atoms with Crippen molar-refractivity contribution in [3.63, 3.8) is 0 Å². The third kappa shape index (κ3) is 4.91. The topological polar surface area (TPSA) is 87.0 Å². The molecule has 0 heterocycles. The van der Waals surface area contributed by atoms with Crippen molar-refractivity contribution < 1.29 is 13.2 Å². The van der Waals surface area contributed by atoms with E-state index in [0.29, 0.717) is 11.3 Å². The minimum atomic E-state index is -3.41. The van der Waals surface area contributed by atoms with Gasteiger partial charge in [0.25, 0.3) is 0 Å². The molecule has 1 aliphatic rings. The van der Waals surface area contributed by atoms with Crippen LogP contribution in [0.3, 0.4) is 0 Å². The summed E-state index contributed by atoms with van der Waals surface area (Å²) in [4.78, 5) is 12.5. The molecule has 0 radical (unpaired) electrons. The number of sulfone groups is 1. The Morgan fingerprint density at radius 3 is 2.57 bits per heavy atom. The van der Waals surface area contributed by atoms with Crippen LogP contribution in [0.25, 0.3) is 0 Å². The lowest BCUT2D eigenvalue weighted by atomic mass is 9.80. The number of nitriles is 1. The molecule has 0 spiro atoms. The molecule has 0 unspecified atom stereocenters. The van der Waals surface area contributed by atoms with E-state index in [1.54, 1.807) is 24.3 Å². The van der Waals surface area contributed by atoms with E-state index >= 15 is 0 Å². The Kier molecular flexibility index (Phi) is 6.41. The molecule has 1 fully saturated rings. The average molecular weight is 446 g/mol. The number of benzene rings is 1. The van der Waals surface area contributed by atoms with Crippen molar-refractivity contribution in [2.45, 2.75) is 30.6 Å². The van der Waals surface area contributed by atoms with Gasteiger partial charge in [0.1, 0.15) is 6.54 Å². The maximum Gasteiger partial charge on any atom is 0.224 e. The zero-order valence-electron chi connectivity index (χ0n) is 12.7. The molecule has 2 rings (SSSR count). The van der Waals surface area contributed by atoms with Gasteiger partial charge in [0.15, 0.2) is 9.84 Å². The highest BCUT2D eigenvalue weighted by atomic mass is 127. The van der Waals surface area contributed by atoms with Gasteiger partial charge in [0.05, 0.1) is 16.7 Å². The first-order chi connectivity index (χ1) is 10.9. The standard InChI is InChI=1S/C16H19IN2O3S/c17-13-5-7-14(8-6-13)23(21,22)11-12-3-1-2-4-15(12)16(20)19-10-9-18/h5-8,12,15H,1-4,10-11H2,(H,19,20)/t12-,15+/m0/s1. The van der Waals surface area contributed by atoms with Crippen LogP contribution < -0.4 is 5.32 Å². The first kappa shape index (κ1) is 18.2. The largest absolute Gasteiger partial charge is 0.343 e. The number of hydrogen-bond acceptors (Lipinski definition) is 4. The van der Waals surface area contributed by atoms with Crippen molar-refractivity contribution in [3.05, 3.63) is 27.8 Å². The first-order valence-electron chi connectivity index (χ1n) is 7.57. The fourth-order valence-corrected chi connectivity index (χ4v) is 5.10. The molecule has 1 aromatic rings. The Balaban J connectivity index is 2.13. The summed E-state index contributed by atoms with van der Waals surface area (Å²) in [5, 5.41) is 11.1. The Morgan fingerprint density at radius 1 is 1.26 bits per heavy atom. The average Bonchev–Trinajstić information content (AvgIpc) is 2.53. The zero-order chi connectivity index (χ0) is 16.9. The van der Waals surface area contributed by atoms with Crippen LogP contribution in [0.4, 0.5) is 0 Å². The van der Waals surface area contributed by atoms with Crippen LogP contribution in [0.15, 0.2) is 29.2 Å². The quantitative estimate of drug-likeness (QED) is 0.557. The van der Waals surface area contributed by atoms with Crippen molar-refractivity contribution in [1.29, 1.82) is 5.26 Å². The fraction of sp³-hybridized carbons (Fsp3) is 0.500. The summed E-state index contributed by atoms with van der Waals surface area (Å²) in [6.45, 7) is -0.0358. The Hall–Kier alpha value is -1.14. The van der Waals surface area contributed by atoms with Crippen LogP contribution in [0.5, 0.6) is 0 Å². The van der Waals surface area contributed by atoms with Gasteiger partial charge in [-0.1, -0.05) is 12.8 Å². The molecule has 5 nitrogen and oxygen atoms in total. The summed E-state index contributed by atoms with van der Waals surface area (Å²) in [5.41, 5.74) is 0. The molecular formula is C16H19IN2O3S. The molecular weight excluding hydrogens is 427 g/mol. The normalized spacial score (nSPS) is 21.4. The van der Waals surface area contributed by atoms with E-state index < -0.39 is 9.84 Å². The maximum atomic E-state index is 12.6. The van der Waals surface area contributed by atoms with Crippen LogP contribution in [-0.2, 0) is 14.6 Å². The minimum absolute atomic E-state index is 0.0156. The highest BCUT2D eigenvalue weighted by Crippen LogP contribution is 2.32. The molecule has 1 amide bonds. The Bertz CT molecular complexity index is 695. The van der Waals surface area contributed by atoms with Crippen molar-refractivity contribution >= 4 is 38.3 Å². The number of hydrogen-bond donors (Lipinski definition) is 1. The van der Waals surface area contributed by atoms with Gasteiger partial charge < -0.3 is 5.32 Å². The van der Waals surface area contributed by atoms with Gasteiger partial charge in [-0.05, 0) is 65.6 Å². The molecule has 1 aliphatic carbocycles. The Labute approximate surface area is 150 Å². The summed E-state index contributed by atoms with van der Waals surface area (Å²) in [6.07, 6.45) is 3.28. The van der Waals surface area contributed by atoms with E-state index in [2.05, 4.69) is 27.9 Å². The molecule has 1 saturated carbocycles. The van der Waals surface area contributed by atoms with E-state index in [1.807, 2.05) is 6.07 Å². The minimum Gasteiger partial charge on any atom is -0.343 e. The second-order valence-electron chi connectivity index (χ2n) is 5.76. The highest BCUT2D eigenvalue weighted by Gasteiger charge is 2.34. The summed E-state index contributed by atoms with van der Waals surface area (Å²) in [5.74, 6) is -0.727. The molecule has 1 aromatic carbocycles. The van der Waals surface area contributed by atoms with Gasteiger partial charge >= 0.3 is 0 Å². The van der Waals surface area contributed by atoms with Crippen molar-refractivity contribution in [2.75, 3.05) is 12.3 Å². The summed E-state index contributed by atoms with van der Waals surface area (Å²) >= 11 is 2.13. The molecule has 1 N–H and O–H groups in total. The molecule has 0 saturated heterocycles. The van der Waals surface area contributed by atoms with E-state index in [1.165, 1.54) is 0 Å². The van der Waals surface area contributed by atoms with E-state index in [-0.39, 0.29) is 30.0 Å². The third-order valence-electron chi connectivity index (χ3n) is 4.19. The number of nitrogens with one attached hydrogen (secondary N) is 1. The first-order valence-corrected chi connectivity index (χ1v) is 10.3. The van der Waals surface area contributed by atoms with Gasteiger partial charge in [-0.15, -0.1) is 0 Å². The Morgan fingerprint density at radius 2 is 1.91 bits per heavy atom. The molecule has 0 aliphatic heterocycles. The lowest BCUT2D eigenvalue weighted by Gasteiger charge is -2.30. The highest BCUT2D eigenvalue weighted by molar-refractivity contribution is 14.1. The second-order valence-corrected chi connectivity index (χ2v) is 9.04. The molecule has 2 atom stereocenters. The number of carbonyl (C=O) groups excluding carboxylic acids is 1. The van der Waals surface area contributed by atoms with E-state index in [0.717, 1.165) is 22.8 Å². The smallest absolute Gasteiger partial charge is 0.224 e. The van der Waals surface area contributed by atoms with E-state index in [4.69, 9.17) is 5.26 Å². The van der Waals surface area contributed by atoms with Gasteiger partial charge in [0, 0.05) is 9.49 Å². The van der Waals surface area contributed by atoms with Crippen molar-refractivity contribution in [3.8, 4) is 6.07 Å². The van der Waals surface area contributed by atoms with Gasteiger partial charge in [-0.3, -0.25) is 4.79 Å². The van der Waals surface area contributed by atoms with Crippen LogP contribution in [0, 0.1) is 26.7 Å². The summed E-state index contributed by atoms with van der Waals surface area (Å²) in [6, 6.07) is 8.65. The fourth-order valence-electron chi connectivity index (χ4n) is 3.03. The van der Waals surface area contributed by atoms with E-state index in [9.17, 15) is 13.2 Å². The molecule has 7 heteroatoms. The molecule has 23 heavy (non-hydrogen) atoms.